The van der Waals surface area contributed by atoms with Crippen LogP contribution in [0.4, 0.5) is 0 Å². The van der Waals surface area contributed by atoms with E-state index in [9.17, 15) is 0 Å². The summed E-state index contributed by atoms with van der Waals surface area (Å²) in [6.07, 6.45) is 3.13. The average molecular weight is 127 g/mol. The van der Waals surface area contributed by atoms with Gasteiger partial charge < -0.3 is 5.32 Å². The minimum absolute atomic E-state index is 0.551. The van der Waals surface area contributed by atoms with Crippen molar-refractivity contribution >= 4 is 0 Å². The molecule has 0 aromatic rings. The van der Waals surface area contributed by atoms with Gasteiger partial charge in [0.1, 0.15) is 0 Å². The van der Waals surface area contributed by atoms with Crippen LogP contribution in [0, 0.1) is 7.05 Å². The summed E-state index contributed by atoms with van der Waals surface area (Å²) in [6, 6.07) is 0. The van der Waals surface area contributed by atoms with Crippen molar-refractivity contribution in [3.63, 3.8) is 0 Å². The first-order valence-electron chi connectivity index (χ1n) is 3.65. The molecule has 0 bridgehead atoms. The lowest BCUT2D eigenvalue weighted by Gasteiger charge is -2.21. The quantitative estimate of drug-likeness (QED) is 0.590. The summed E-state index contributed by atoms with van der Waals surface area (Å²) in [5, 5.41) is 3.04. The minimum Gasteiger partial charge on any atom is -0.300 e. The van der Waals surface area contributed by atoms with E-state index in [-0.39, 0.29) is 0 Å². The molecule has 1 unspecified atom stereocenters. The van der Waals surface area contributed by atoms with Crippen LogP contribution in [-0.4, -0.2) is 24.2 Å². The van der Waals surface area contributed by atoms with Crippen LogP contribution in [0.2, 0.25) is 0 Å². The second kappa shape index (κ2) is 3.18. The monoisotopic (exact) mass is 127 g/mol. The molecule has 0 aromatic carbocycles. The maximum Gasteiger partial charge on any atom is 0.0597 e. The van der Waals surface area contributed by atoms with Crippen LogP contribution in [0.5, 0.6) is 0 Å². The van der Waals surface area contributed by atoms with Crippen molar-refractivity contribution in [3.8, 4) is 0 Å². The van der Waals surface area contributed by atoms with Gasteiger partial charge in [-0.05, 0) is 25.9 Å². The van der Waals surface area contributed by atoms with Gasteiger partial charge in [0.25, 0.3) is 0 Å². The maximum atomic E-state index is 3.67. The molecule has 0 aliphatic carbocycles. The fourth-order valence-corrected chi connectivity index (χ4v) is 1.44. The molecule has 0 spiro atoms. The molecule has 2 nitrogen and oxygen atoms in total. The number of nitrogens with one attached hydrogen (secondary N) is 1. The van der Waals surface area contributed by atoms with Crippen LogP contribution in [0.3, 0.4) is 0 Å². The molecule has 1 radical (unpaired) electrons. The lowest BCUT2D eigenvalue weighted by Crippen LogP contribution is -2.37. The highest BCUT2D eigenvalue weighted by Crippen LogP contribution is 2.12. The Hall–Kier alpha value is -0.0800. The largest absolute Gasteiger partial charge is 0.300 e. The highest BCUT2D eigenvalue weighted by Gasteiger charge is 2.20. The minimum atomic E-state index is 0.551. The van der Waals surface area contributed by atoms with Crippen LogP contribution >= 0.6 is 0 Å². The van der Waals surface area contributed by atoms with Crippen LogP contribution in [0.1, 0.15) is 19.8 Å². The van der Waals surface area contributed by atoms with Crippen LogP contribution in [0.25, 0.3) is 0 Å². The van der Waals surface area contributed by atoms with E-state index < -0.39 is 0 Å². The number of likely N-dealkylation sites (tertiary alicyclic amines) is 1. The second-order valence-corrected chi connectivity index (χ2v) is 2.49. The molecule has 0 aromatic heterocycles. The molecule has 0 amide bonds. The smallest absolute Gasteiger partial charge is 0.0597 e. The van der Waals surface area contributed by atoms with Crippen molar-refractivity contribution in [2.45, 2.75) is 25.9 Å². The van der Waals surface area contributed by atoms with Crippen molar-refractivity contribution in [2.75, 3.05) is 13.1 Å². The van der Waals surface area contributed by atoms with Gasteiger partial charge in [-0.3, -0.25) is 4.90 Å². The van der Waals surface area contributed by atoms with E-state index >= 15 is 0 Å². The molecule has 1 rings (SSSR count). The van der Waals surface area contributed by atoms with Crippen molar-refractivity contribution in [3.05, 3.63) is 7.05 Å². The summed E-state index contributed by atoms with van der Waals surface area (Å²) in [7, 11) is 3.67. The van der Waals surface area contributed by atoms with E-state index in [1.54, 1.807) is 0 Å². The van der Waals surface area contributed by atoms with E-state index in [1.807, 2.05) is 0 Å². The SMILES string of the molecule is [CH2]NC1CCCN1CC. The van der Waals surface area contributed by atoms with E-state index in [2.05, 4.69) is 24.2 Å². The Kier molecular flexibility index (Phi) is 2.49. The fraction of sp³-hybridized carbons (Fsp3) is 0.857. The van der Waals surface area contributed by atoms with Crippen molar-refractivity contribution in [1.82, 2.24) is 10.2 Å². The molecule has 1 heterocycles. The predicted molar refractivity (Wildman–Crippen MR) is 38.8 cm³/mol. The van der Waals surface area contributed by atoms with Gasteiger partial charge in [-0.25, -0.2) is 0 Å². The number of hydrogen-bond acceptors (Lipinski definition) is 2. The van der Waals surface area contributed by atoms with Gasteiger partial charge in [0.15, 0.2) is 0 Å². The van der Waals surface area contributed by atoms with Gasteiger partial charge in [-0.2, -0.15) is 0 Å². The normalized spacial score (nSPS) is 29.3. The number of hydrogen-bond donors (Lipinski definition) is 1. The molecule has 1 atom stereocenters. The van der Waals surface area contributed by atoms with Crippen molar-refractivity contribution < 1.29 is 0 Å². The van der Waals surface area contributed by atoms with E-state index in [1.165, 1.54) is 19.4 Å². The third-order valence-corrected chi connectivity index (χ3v) is 2.01. The van der Waals surface area contributed by atoms with Gasteiger partial charge in [-0.15, -0.1) is 0 Å². The van der Waals surface area contributed by atoms with E-state index in [0.717, 1.165) is 6.54 Å². The first-order chi connectivity index (χ1) is 4.38. The summed E-state index contributed by atoms with van der Waals surface area (Å²) >= 11 is 0. The first kappa shape index (κ1) is 7.03. The van der Waals surface area contributed by atoms with E-state index in [0.29, 0.717) is 6.17 Å². The molecule has 1 aliphatic heterocycles. The van der Waals surface area contributed by atoms with Crippen LogP contribution in [0.15, 0.2) is 0 Å². The Morgan fingerprint density at radius 2 is 2.56 bits per heavy atom. The Morgan fingerprint density at radius 1 is 1.78 bits per heavy atom. The van der Waals surface area contributed by atoms with Gasteiger partial charge in [0.05, 0.1) is 6.17 Å². The molecule has 2 heteroatoms. The van der Waals surface area contributed by atoms with Crippen LogP contribution < -0.4 is 5.32 Å². The molecule has 9 heavy (non-hydrogen) atoms. The zero-order valence-corrected chi connectivity index (χ0v) is 6.06. The molecule has 0 saturated carbocycles. The first-order valence-corrected chi connectivity index (χ1v) is 3.65. The molecule has 1 saturated heterocycles. The highest BCUT2D eigenvalue weighted by atomic mass is 15.3. The van der Waals surface area contributed by atoms with Gasteiger partial charge in [0, 0.05) is 7.05 Å². The summed E-state index contributed by atoms with van der Waals surface area (Å²) in [6.45, 7) is 4.58. The fourth-order valence-electron chi connectivity index (χ4n) is 1.44. The average Bonchev–Trinajstić information content (AvgIpc) is 2.33. The maximum absolute atomic E-state index is 3.67. The molecule has 1 N–H and O–H groups in total. The van der Waals surface area contributed by atoms with E-state index in [4.69, 9.17) is 0 Å². The third-order valence-electron chi connectivity index (χ3n) is 2.01. The van der Waals surface area contributed by atoms with Gasteiger partial charge in [0.2, 0.25) is 0 Å². The lowest BCUT2D eigenvalue weighted by atomic mass is 10.3. The number of nitrogens with zero attached hydrogens (tertiary/aromatic N) is 1. The number of rotatable bonds is 2. The standard InChI is InChI=1S/C7H15N2/c1-3-9-6-4-5-7(9)8-2/h7-8H,2-6H2,1H3. The molecular weight excluding hydrogens is 112 g/mol. The Bertz CT molecular complexity index is 73.0. The predicted octanol–water partition coefficient (Wildman–Crippen LogP) is 0.809. The summed E-state index contributed by atoms with van der Waals surface area (Å²) in [5.74, 6) is 0. The third kappa shape index (κ3) is 1.43. The lowest BCUT2D eigenvalue weighted by molar-refractivity contribution is 0.246. The highest BCUT2D eigenvalue weighted by molar-refractivity contribution is 4.75. The second-order valence-electron chi connectivity index (χ2n) is 2.49. The zero-order chi connectivity index (χ0) is 6.69. The Morgan fingerprint density at radius 3 is 3.00 bits per heavy atom. The van der Waals surface area contributed by atoms with Gasteiger partial charge >= 0.3 is 0 Å². The van der Waals surface area contributed by atoms with Crippen molar-refractivity contribution in [1.29, 1.82) is 0 Å². The van der Waals surface area contributed by atoms with Gasteiger partial charge in [-0.1, -0.05) is 6.92 Å². The topological polar surface area (TPSA) is 15.3 Å². The Labute approximate surface area is 57.2 Å². The zero-order valence-electron chi connectivity index (χ0n) is 6.06. The molecule has 53 valence electrons. The summed E-state index contributed by atoms with van der Waals surface area (Å²) < 4.78 is 0. The van der Waals surface area contributed by atoms with Crippen molar-refractivity contribution in [2.24, 2.45) is 0 Å². The molecule has 1 fully saturated rings. The molecular formula is C7H15N2. The summed E-state index contributed by atoms with van der Waals surface area (Å²) in [4.78, 5) is 2.41. The molecule has 1 aliphatic rings. The Balaban J connectivity index is 2.32. The van der Waals surface area contributed by atoms with Crippen LogP contribution in [-0.2, 0) is 0 Å². The summed E-state index contributed by atoms with van der Waals surface area (Å²) in [5.41, 5.74) is 0.